The molecule has 39 heavy (non-hydrogen) atoms. The first-order valence-corrected chi connectivity index (χ1v) is 14.9. The number of ketones is 1. The van der Waals surface area contributed by atoms with E-state index in [9.17, 15) is 14.4 Å². The van der Waals surface area contributed by atoms with Crippen molar-refractivity contribution in [1.82, 2.24) is 15.2 Å². The second kappa shape index (κ2) is 12.0. The number of thiazole rings is 1. The van der Waals surface area contributed by atoms with Gasteiger partial charge in [-0.3, -0.25) is 14.4 Å². The Hall–Kier alpha value is -3.10. The Morgan fingerprint density at radius 1 is 1.10 bits per heavy atom. The number of Topliss-reactive ketones (excluding diaryl/α,β-unsaturated/α-hetero) is 1. The predicted octanol–water partition coefficient (Wildman–Crippen LogP) is 5.79. The molecule has 3 atom stereocenters. The summed E-state index contributed by atoms with van der Waals surface area (Å²) in [7, 11) is 0. The number of benzene rings is 2. The molecule has 0 saturated carbocycles. The highest BCUT2D eigenvalue weighted by Gasteiger charge is 2.40. The molecule has 0 radical (unpaired) electrons. The SMILES string of the molecule is CC[C@@H](C)C(=O)N[C@H](C(=O)N1CCC[C@H]1c1nc(-c2ccc(C(C)=O)c3ccccc23)cs1)C1CCOCC1. The van der Waals surface area contributed by atoms with Gasteiger partial charge in [0.2, 0.25) is 11.8 Å². The van der Waals surface area contributed by atoms with Gasteiger partial charge in [-0.1, -0.05) is 50.2 Å². The van der Waals surface area contributed by atoms with Gasteiger partial charge < -0.3 is 15.0 Å². The summed E-state index contributed by atoms with van der Waals surface area (Å²) >= 11 is 1.57. The smallest absolute Gasteiger partial charge is 0.246 e. The van der Waals surface area contributed by atoms with Crippen LogP contribution in [0.5, 0.6) is 0 Å². The van der Waals surface area contributed by atoms with E-state index in [1.54, 1.807) is 18.3 Å². The van der Waals surface area contributed by atoms with Crippen LogP contribution < -0.4 is 5.32 Å². The van der Waals surface area contributed by atoms with E-state index in [-0.39, 0.29) is 35.5 Å². The molecule has 2 aliphatic heterocycles. The number of aromatic nitrogens is 1. The second-order valence-corrected chi connectivity index (χ2v) is 11.7. The number of carbonyl (C=O) groups is 3. The standard InChI is InChI=1S/C31H37N3O4S/c1-4-19(2)29(36)33-28(21-13-16-38-17-14-21)31(37)34-15-7-10-27(34)30-32-26(18-39-30)25-12-11-22(20(3)35)23-8-5-6-9-24(23)25/h5-6,8-9,11-12,18-19,21,27-28H,4,7,10,13-17H2,1-3H3,(H,33,36)/t19-,27+,28+/m1/s1. The number of amides is 2. The fourth-order valence-electron chi connectivity index (χ4n) is 5.77. The molecule has 2 aromatic carbocycles. The summed E-state index contributed by atoms with van der Waals surface area (Å²) in [5, 5.41) is 8.00. The van der Waals surface area contributed by atoms with Crippen LogP contribution in [0.15, 0.2) is 41.8 Å². The van der Waals surface area contributed by atoms with E-state index in [1.165, 1.54) is 0 Å². The first kappa shape index (κ1) is 27.5. The fourth-order valence-corrected chi connectivity index (χ4v) is 6.74. The molecular formula is C31H37N3O4S. The zero-order valence-electron chi connectivity index (χ0n) is 22.9. The van der Waals surface area contributed by atoms with E-state index in [2.05, 4.69) is 5.32 Å². The minimum atomic E-state index is -0.543. The van der Waals surface area contributed by atoms with Crippen molar-refractivity contribution in [3.05, 3.63) is 52.3 Å². The molecule has 7 nitrogen and oxygen atoms in total. The Morgan fingerprint density at radius 2 is 1.85 bits per heavy atom. The van der Waals surface area contributed by atoms with Gasteiger partial charge in [-0.25, -0.2) is 4.98 Å². The summed E-state index contributed by atoms with van der Waals surface area (Å²) in [6.45, 7) is 7.37. The quantitative estimate of drug-likeness (QED) is 0.361. The lowest BCUT2D eigenvalue weighted by atomic mass is 9.90. The molecule has 2 fully saturated rings. The van der Waals surface area contributed by atoms with Crippen LogP contribution >= 0.6 is 11.3 Å². The van der Waals surface area contributed by atoms with Gasteiger partial charge in [0.15, 0.2) is 5.78 Å². The Kier molecular flexibility index (Phi) is 8.43. The molecule has 0 aliphatic carbocycles. The molecule has 206 valence electrons. The highest BCUT2D eigenvalue weighted by atomic mass is 32.1. The Balaban J connectivity index is 1.42. The largest absolute Gasteiger partial charge is 0.381 e. The first-order valence-electron chi connectivity index (χ1n) is 14.1. The first-order chi connectivity index (χ1) is 18.9. The second-order valence-electron chi connectivity index (χ2n) is 10.8. The summed E-state index contributed by atoms with van der Waals surface area (Å²) in [5.74, 6) is -0.0975. The van der Waals surface area contributed by atoms with E-state index in [1.807, 2.05) is 60.5 Å². The van der Waals surface area contributed by atoms with Crippen molar-refractivity contribution >= 4 is 39.7 Å². The van der Waals surface area contributed by atoms with Crippen molar-refractivity contribution in [1.29, 1.82) is 0 Å². The zero-order chi connectivity index (χ0) is 27.5. The third-order valence-electron chi connectivity index (χ3n) is 8.28. The number of likely N-dealkylation sites (tertiary alicyclic amines) is 1. The van der Waals surface area contributed by atoms with Gasteiger partial charge in [-0.15, -0.1) is 11.3 Å². The summed E-state index contributed by atoms with van der Waals surface area (Å²) < 4.78 is 5.55. The maximum absolute atomic E-state index is 14.0. The van der Waals surface area contributed by atoms with Crippen molar-refractivity contribution in [2.75, 3.05) is 19.8 Å². The van der Waals surface area contributed by atoms with Crippen molar-refractivity contribution in [2.24, 2.45) is 11.8 Å². The fraction of sp³-hybridized carbons (Fsp3) is 0.484. The summed E-state index contributed by atoms with van der Waals surface area (Å²) in [5.41, 5.74) is 2.54. The Bertz CT molecular complexity index is 1360. The van der Waals surface area contributed by atoms with Crippen molar-refractivity contribution in [3.8, 4) is 11.3 Å². The lowest BCUT2D eigenvalue weighted by Crippen LogP contribution is -2.54. The predicted molar refractivity (Wildman–Crippen MR) is 154 cm³/mol. The number of rotatable bonds is 8. The van der Waals surface area contributed by atoms with E-state index >= 15 is 0 Å². The highest BCUT2D eigenvalue weighted by molar-refractivity contribution is 7.10. The van der Waals surface area contributed by atoms with Gasteiger partial charge in [-0.2, -0.15) is 0 Å². The zero-order valence-corrected chi connectivity index (χ0v) is 23.8. The maximum Gasteiger partial charge on any atom is 0.246 e. The third-order valence-corrected chi connectivity index (χ3v) is 9.23. The minimum absolute atomic E-state index is 0.00550. The number of carbonyl (C=O) groups excluding carboxylic acids is 3. The summed E-state index contributed by atoms with van der Waals surface area (Å²) in [4.78, 5) is 46.1. The van der Waals surface area contributed by atoms with Crippen LogP contribution in [0.1, 0.15) is 74.3 Å². The van der Waals surface area contributed by atoms with Gasteiger partial charge in [-0.05, 0) is 55.7 Å². The van der Waals surface area contributed by atoms with Crippen LogP contribution in [0.25, 0.3) is 22.0 Å². The molecule has 0 spiro atoms. The molecule has 2 saturated heterocycles. The number of ether oxygens (including phenoxy) is 1. The van der Waals surface area contributed by atoms with Crippen molar-refractivity contribution in [2.45, 2.75) is 65.0 Å². The van der Waals surface area contributed by atoms with Gasteiger partial charge >= 0.3 is 0 Å². The molecule has 3 heterocycles. The summed E-state index contributed by atoms with van der Waals surface area (Å²) in [6, 6.07) is 11.1. The van der Waals surface area contributed by atoms with Crippen LogP contribution in [0.4, 0.5) is 0 Å². The van der Waals surface area contributed by atoms with E-state index in [4.69, 9.17) is 9.72 Å². The van der Waals surface area contributed by atoms with Crippen molar-refractivity contribution < 1.29 is 19.1 Å². The minimum Gasteiger partial charge on any atom is -0.381 e. The third kappa shape index (κ3) is 5.63. The van der Waals surface area contributed by atoms with Crippen LogP contribution in [-0.2, 0) is 14.3 Å². The van der Waals surface area contributed by atoms with E-state index < -0.39 is 6.04 Å². The number of fused-ring (bicyclic) bond motifs is 1. The van der Waals surface area contributed by atoms with Gasteiger partial charge in [0.05, 0.1) is 11.7 Å². The molecule has 1 N–H and O–H groups in total. The Labute approximate surface area is 233 Å². The van der Waals surface area contributed by atoms with E-state index in [0.29, 0.717) is 25.3 Å². The van der Waals surface area contributed by atoms with Crippen LogP contribution in [0, 0.1) is 11.8 Å². The summed E-state index contributed by atoms with van der Waals surface area (Å²) in [6.07, 6.45) is 4.02. The number of nitrogens with zero attached hydrogens (tertiary/aromatic N) is 2. The number of nitrogens with one attached hydrogen (secondary N) is 1. The topological polar surface area (TPSA) is 88.6 Å². The normalized spacial score (nSPS) is 19.7. The highest BCUT2D eigenvalue weighted by Crippen LogP contribution is 2.38. The molecule has 0 unspecified atom stereocenters. The lowest BCUT2D eigenvalue weighted by Gasteiger charge is -2.35. The molecule has 2 aliphatic rings. The molecule has 8 heteroatoms. The van der Waals surface area contributed by atoms with Gasteiger partial charge in [0.25, 0.3) is 0 Å². The molecule has 3 aromatic rings. The number of hydrogen-bond donors (Lipinski definition) is 1. The van der Waals surface area contributed by atoms with Gasteiger partial charge in [0.1, 0.15) is 11.0 Å². The average molecular weight is 548 g/mol. The molecule has 0 bridgehead atoms. The van der Waals surface area contributed by atoms with Crippen LogP contribution in [0.2, 0.25) is 0 Å². The average Bonchev–Trinajstić information content (AvgIpc) is 3.65. The molecule has 5 rings (SSSR count). The Morgan fingerprint density at radius 3 is 2.56 bits per heavy atom. The molecule has 1 aromatic heterocycles. The molecule has 2 amide bonds. The van der Waals surface area contributed by atoms with Crippen LogP contribution in [-0.4, -0.2) is 53.3 Å². The van der Waals surface area contributed by atoms with Gasteiger partial charge in [0, 0.05) is 42.2 Å². The lowest BCUT2D eigenvalue weighted by molar-refractivity contribution is -0.140. The number of hydrogen-bond acceptors (Lipinski definition) is 6. The molecular weight excluding hydrogens is 510 g/mol. The van der Waals surface area contributed by atoms with Crippen molar-refractivity contribution in [3.63, 3.8) is 0 Å². The monoisotopic (exact) mass is 547 g/mol. The maximum atomic E-state index is 14.0. The van der Waals surface area contributed by atoms with E-state index in [0.717, 1.165) is 59.1 Å². The van der Waals surface area contributed by atoms with Crippen LogP contribution in [0.3, 0.4) is 0 Å².